The van der Waals surface area contributed by atoms with Gasteiger partial charge in [0.2, 0.25) is 0 Å². The Morgan fingerprint density at radius 3 is 3.21 bits per heavy atom. The fraction of sp³-hybridized carbons (Fsp3) is 0.778. The Labute approximate surface area is 83.4 Å². The molecule has 0 unspecified atom stereocenters. The van der Waals surface area contributed by atoms with Crippen LogP contribution < -0.4 is 5.32 Å². The molecule has 0 spiro atoms. The SMILES string of the molecule is CCn1nnc2c1CCN[C@@H]2COC. The van der Waals surface area contributed by atoms with Crippen LogP contribution in [0.15, 0.2) is 0 Å². The first-order valence-electron chi connectivity index (χ1n) is 5.01. The molecule has 1 aromatic rings. The molecular weight excluding hydrogens is 180 g/mol. The Morgan fingerprint density at radius 2 is 2.50 bits per heavy atom. The van der Waals surface area contributed by atoms with Crippen LogP contribution in [0.3, 0.4) is 0 Å². The van der Waals surface area contributed by atoms with Crippen LogP contribution in [0.1, 0.15) is 24.4 Å². The number of hydrogen-bond donors (Lipinski definition) is 1. The Balaban J connectivity index is 2.26. The Hall–Kier alpha value is -0.940. The summed E-state index contributed by atoms with van der Waals surface area (Å²) in [4.78, 5) is 0. The van der Waals surface area contributed by atoms with Gasteiger partial charge in [0.05, 0.1) is 18.3 Å². The van der Waals surface area contributed by atoms with Crippen LogP contribution in [-0.4, -0.2) is 35.3 Å². The van der Waals surface area contributed by atoms with Gasteiger partial charge in [0, 0.05) is 26.6 Å². The molecule has 0 bridgehead atoms. The van der Waals surface area contributed by atoms with Gasteiger partial charge in [0.15, 0.2) is 0 Å². The van der Waals surface area contributed by atoms with Crippen LogP contribution in [-0.2, 0) is 17.7 Å². The average molecular weight is 196 g/mol. The van der Waals surface area contributed by atoms with Crippen molar-refractivity contribution >= 4 is 0 Å². The van der Waals surface area contributed by atoms with E-state index in [-0.39, 0.29) is 6.04 Å². The Bertz CT molecular complexity index is 310. The van der Waals surface area contributed by atoms with Crippen molar-refractivity contribution in [2.75, 3.05) is 20.3 Å². The summed E-state index contributed by atoms with van der Waals surface area (Å²) >= 11 is 0. The van der Waals surface area contributed by atoms with Gasteiger partial charge in [-0.15, -0.1) is 5.10 Å². The monoisotopic (exact) mass is 196 g/mol. The lowest BCUT2D eigenvalue weighted by Gasteiger charge is -2.22. The van der Waals surface area contributed by atoms with Gasteiger partial charge in [-0.1, -0.05) is 5.21 Å². The van der Waals surface area contributed by atoms with Gasteiger partial charge in [0.25, 0.3) is 0 Å². The molecule has 1 aromatic heterocycles. The van der Waals surface area contributed by atoms with Crippen molar-refractivity contribution in [2.45, 2.75) is 25.9 Å². The summed E-state index contributed by atoms with van der Waals surface area (Å²) in [5.74, 6) is 0. The van der Waals surface area contributed by atoms with E-state index in [0.29, 0.717) is 6.61 Å². The maximum Gasteiger partial charge on any atom is 0.105 e. The summed E-state index contributed by atoms with van der Waals surface area (Å²) < 4.78 is 7.11. The lowest BCUT2D eigenvalue weighted by Crippen LogP contribution is -2.33. The number of rotatable bonds is 3. The molecule has 0 amide bonds. The molecule has 0 fully saturated rings. The Morgan fingerprint density at radius 1 is 1.64 bits per heavy atom. The number of methoxy groups -OCH3 is 1. The van der Waals surface area contributed by atoms with Crippen molar-refractivity contribution in [3.05, 3.63) is 11.4 Å². The second-order valence-electron chi connectivity index (χ2n) is 3.45. The third-order valence-corrected chi connectivity index (χ3v) is 2.58. The highest BCUT2D eigenvalue weighted by atomic mass is 16.5. The number of aryl methyl sites for hydroxylation is 1. The summed E-state index contributed by atoms with van der Waals surface area (Å²) in [6, 6.07) is 0.212. The highest BCUT2D eigenvalue weighted by Gasteiger charge is 2.24. The number of nitrogens with one attached hydrogen (secondary N) is 1. The van der Waals surface area contributed by atoms with Crippen LogP contribution in [0, 0.1) is 0 Å². The van der Waals surface area contributed by atoms with Crippen LogP contribution in [0.5, 0.6) is 0 Å². The second-order valence-corrected chi connectivity index (χ2v) is 3.45. The Kier molecular flexibility index (Phi) is 2.79. The fourth-order valence-corrected chi connectivity index (χ4v) is 1.89. The molecule has 1 atom stereocenters. The minimum absolute atomic E-state index is 0.212. The van der Waals surface area contributed by atoms with Gasteiger partial charge < -0.3 is 10.1 Å². The molecule has 5 heteroatoms. The van der Waals surface area contributed by atoms with Crippen molar-refractivity contribution in [1.82, 2.24) is 20.3 Å². The minimum atomic E-state index is 0.212. The van der Waals surface area contributed by atoms with Gasteiger partial charge in [-0.05, 0) is 6.92 Å². The van der Waals surface area contributed by atoms with Crippen molar-refractivity contribution in [3.63, 3.8) is 0 Å². The fourth-order valence-electron chi connectivity index (χ4n) is 1.89. The number of aromatic nitrogens is 3. The zero-order valence-corrected chi connectivity index (χ0v) is 8.66. The average Bonchev–Trinajstić information content (AvgIpc) is 2.62. The van der Waals surface area contributed by atoms with E-state index in [2.05, 4.69) is 22.6 Å². The first-order valence-corrected chi connectivity index (χ1v) is 5.01. The lowest BCUT2D eigenvalue weighted by atomic mass is 10.1. The highest BCUT2D eigenvalue weighted by molar-refractivity contribution is 5.18. The molecular formula is C9H16N4O. The smallest absolute Gasteiger partial charge is 0.105 e. The van der Waals surface area contributed by atoms with Gasteiger partial charge >= 0.3 is 0 Å². The van der Waals surface area contributed by atoms with Crippen LogP contribution in [0.25, 0.3) is 0 Å². The predicted octanol–water partition coefficient (Wildman–Crippen LogP) is 0.131. The maximum atomic E-state index is 5.14. The second kappa shape index (κ2) is 4.06. The number of fused-ring (bicyclic) bond motifs is 1. The van der Waals surface area contributed by atoms with E-state index in [1.165, 1.54) is 5.69 Å². The molecule has 78 valence electrons. The minimum Gasteiger partial charge on any atom is -0.383 e. The van der Waals surface area contributed by atoms with Gasteiger partial charge in [-0.25, -0.2) is 4.68 Å². The molecule has 0 radical (unpaired) electrons. The van der Waals surface area contributed by atoms with Gasteiger partial charge in [-0.3, -0.25) is 0 Å². The molecule has 0 saturated heterocycles. The molecule has 1 aliphatic rings. The molecule has 0 saturated carbocycles. The van der Waals surface area contributed by atoms with Crippen molar-refractivity contribution in [1.29, 1.82) is 0 Å². The summed E-state index contributed by atoms with van der Waals surface area (Å²) in [5.41, 5.74) is 2.31. The number of nitrogens with zero attached hydrogens (tertiary/aromatic N) is 3. The third-order valence-electron chi connectivity index (χ3n) is 2.58. The van der Waals surface area contributed by atoms with Crippen LogP contribution in [0.4, 0.5) is 0 Å². The molecule has 0 aliphatic carbocycles. The quantitative estimate of drug-likeness (QED) is 0.746. The predicted molar refractivity (Wildman–Crippen MR) is 52.0 cm³/mol. The number of ether oxygens (including phenoxy) is 1. The van der Waals surface area contributed by atoms with Crippen molar-refractivity contribution in [3.8, 4) is 0 Å². The van der Waals surface area contributed by atoms with Gasteiger partial charge in [0.1, 0.15) is 5.69 Å². The first kappa shape index (κ1) is 9.61. The van der Waals surface area contributed by atoms with E-state index in [9.17, 15) is 0 Å². The van der Waals surface area contributed by atoms with Crippen molar-refractivity contribution < 1.29 is 4.74 Å². The number of hydrogen-bond acceptors (Lipinski definition) is 4. The summed E-state index contributed by atoms with van der Waals surface area (Å²) in [7, 11) is 1.71. The molecule has 14 heavy (non-hydrogen) atoms. The molecule has 2 heterocycles. The topological polar surface area (TPSA) is 52.0 Å². The van der Waals surface area contributed by atoms with E-state index in [0.717, 1.165) is 25.2 Å². The molecule has 1 N–H and O–H groups in total. The normalized spacial score (nSPS) is 20.9. The van der Waals surface area contributed by atoms with Crippen LogP contribution >= 0.6 is 0 Å². The lowest BCUT2D eigenvalue weighted by molar-refractivity contribution is 0.162. The largest absolute Gasteiger partial charge is 0.383 e. The van der Waals surface area contributed by atoms with E-state index in [1.54, 1.807) is 7.11 Å². The molecule has 1 aliphatic heterocycles. The molecule has 2 rings (SSSR count). The third kappa shape index (κ3) is 1.53. The maximum absolute atomic E-state index is 5.14. The van der Waals surface area contributed by atoms with Crippen molar-refractivity contribution in [2.24, 2.45) is 0 Å². The summed E-state index contributed by atoms with van der Waals surface area (Å²) in [6.45, 7) is 4.62. The molecule has 5 nitrogen and oxygen atoms in total. The van der Waals surface area contributed by atoms with Gasteiger partial charge in [-0.2, -0.15) is 0 Å². The standard InChI is InChI=1S/C9H16N4O/c1-3-13-8-4-5-10-7(6-14-2)9(8)11-12-13/h7,10H,3-6H2,1-2H3/t7-/m1/s1. The highest BCUT2D eigenvalue weighted by Crippen LogP contribution is 2.20. The zero-order valence-electron chi connectivity index (χ0n) is 8.66. The molecule has 0 aromatic carbocycles. The van der Waals surface area contributed by atoms with E-state index in [4.69, 9.17) is 4.74 Å². The van der Waals surface area contributed by atoms with E-state index < -0.39 is 0 Å². The van der Waals surface area contributed by atoms with Crippen LogP contribution in [0.2, 0.25) is 0 Å². The van der Waals surface area contributed by atoms with E-state index >= 15 is 0 Å². The van der Waals surface area contributed by atoms with E-state index in [1.807, 2.05) is 4.68 Å². The first-order chi connectivity index (χ1) is 6.86. The zero-order chi connectivity index (χ0) is 9.97. The summed E-state index contributed by atoms with van der Waals surface area (Å²) in [6.07, 6.45) is 1.01. The summed E-state index contributed by atoms with van der Waals surface area (Å²) in [5, 5.41) is 11.7.